The summed E-state index contributed by atoms with van der Waals surface area (Å²) >= 11 is 0. The van der Waals surface area contributed by atoms with Crippen molar-refractivity contribution in [3.05, 3.63) is 48.6 Å². The summed E-state index contributed by atoms with van der Waals surface area (Å²) in [6.45, 7) is 7.47. The third-order valence-electron chi connectivity index (χ3n) is 1.68. The zero-order valence-electron chi connectivity index (χ0n) is 6.88. The van der Waals surface area contributed by atoms with Crippen molar-refractivity contribution in [2.75, 3.05) is 0 Å². The van der Waals surface area contributed by atoms with Crippen molar-refractivity contribution in [3.8, 4) is 12.3 Å². The van der Waals surface area contributed by atoms with Crippen LogP contribution in [-0.2, 0) is 0 Å². The topological polar surface area (TPSA) is 0 Å². The lowest BCUT2D eigenvalue weighted by molar-refractivity contribution is 1.60. The Hall–Kier alpha value is -1.74. The fourth-order valence-corrected chi connectivity index (χ4v) is 1.03. The number of hydrogen-bond acceptors (Lipinski definition) is 0. The van der Waals surface area contributed by atoms with Gasteiger partial charge in [0.2, 0.25) is 0 Å². The summed E-state index contributed by atoms with van der Waals surface area (Å²) in [5, 5.41) is 0. The standard InChI is InChI=1S/C12H10/c1-4-10(3)12-9-7-6-8-11(12)5-2/h1,5-9H,2-3H2. The minimum absolute atomic E-state index is 0.700. The van der Waals surface area contributed by atoms with E-state index >= 15 is 0 Å². The van der Waals surface area contributed by atoms with Crippen LogP contribution in [0.5, 0.6) is 0 Å². The summed E-state index contributed by atoms with van der Waals surface area (Å²) in [4.78, 5) is 0. The molecule has 0 N–H and O–H groups in total. The SMILES string of the molecule is C#CC(=C)c1ccccc1C=C. The van der Waals surface area contributed by atoms with E-state index in [1.165, 1.54) is 0 Å². The third-order valence-corrected chi connectivity index (χ3v) is 1.68. The molecule has 0 fully saturated rings. The summed E-state index contributed by atoms with van der Waals surface area (Å²) in [5.41, 5.74) is 2.71. The Balaban J connectivity index is 3.24. The number of terminal acetylenes is 1. The molecule has 0 aliphatic heterocycles. The van der Waals surface area contributed by atoms with Crippen LogP contribution in [-0.4, -0.2) is 0 Å². The van der Waals surface area contributed by atoms with Gasteiger partial charge in [-0.25, -0.2) is 0 Å². The van der Waals surface area contributed by atoms with Crippen molar-refractivity contribution in [2.24, 2.45) is 0 Å². The number of allylic oxidation sites excluding steroid dienone is 1. The third kappa shape index (κ3) is 1.46. The molecule has 0 unspecified atom stereocenters. The first-order chi connectivity index (χ1) is 5.79. The molecule has 0 saturated carbocycles. The highest BCUT2D eigenvalue weighted by atomic mass is 14.0. The Morgan fingerprint density at radius 2 is 2.08 bits per heavy atom. The van der Waals surface area contributed by atoms with E-state index in [1.807, 2.05) is 24.3 Å². The lowest BCUT2D eigenvalue weighted by Crippen LogP contribution is -1.83. The lowest BCUT2D eigenvalue weighted by Gasteiger charge is -2.02. The van der Waals surface area contributed by atoms with E-state index in [9.17, 15) is 0 Å². The first kappa shape index (κ1) is 8.36. The van der Waals surface area contributed by atoms with Crippen molar-refractivity contribution in [1.29, 1.82) is 0 Å². The molecular formula is C12H10. The Morgan fingerprint density at radius 3 is 2.67 bits per heavy atom. The van der Waals surface area contributed by atoms with Crippen LogP contribution in [0.25, 0.3) is 11.6 Å². The molecule has 1 aromatic carbocycles. The molecule has 0 heterocycles. The van der Waals surface area contributed by atoms with Gasteiger partial charge in [0.05, 0.1) is 0 Å². The monoisotopic (exact) mass is 154 g/mol. The van der Waals surface area contributed by atoms with E-state index in [0.29, 0.717) is 5.57 Å². The van der Waals surface area contributed by atoms with Crippen LogP contribution in [0, 0.1) is 12.3 Å². The van der Waals surface area contributed by atoms with Gasteiger partial charge in [-0.15, -0.1) is 6.42 Å². The summed E-state index contributed by atoms with van der Waals surface area (Å²) < 4.78 is 0. The van der Waals surface area contributed by atoms with Crippen molar-refractivity contribution >= 4 is 11.6 Å². The second-order valence-corrected chi connectivity index (χ2v) is 2.41. The Morgan fingerprint density at radius 1 is 1.42 bits per heavy atom. The molecule has 0 saturated heterocycles. The summed E-state index contributed by atoms with van der Waals surface area (Å²) in [5.74, 6) is 2.51. The number of benzene rings is 1. The van der Waals surface area contributed by atoms with Crippen molar-refractivity contribution in [2.45, 2.75) is 0 Å². The molecule has 58 valence electrons. The quantitative estimate of drug-likeness (QED) is 0.574. The lowest BCUT2D eigenvalue weighted by atomic mass is 10.0. The molecule has 0 aliphatic rings. The molecular weight excluding hydrogens is 144 g/mol. The van der Waals surface area contributed by atoms with Gasteiger partial charge >= 0.3 is 0 Å². The van der Waals surface area contributed by atoms with Crippen molar-refractivity contribution in [3.63, 3.8) is 0 Å². The van der Waals surface area contributed by atoms with Gasteiger partial charge in [-0.2, -0.15) is 0 Å². The fraction of sp³-hybridized carbons (Fsp3) is 0. The first-order valence-electron chi connectivity index (χ1n) is 3.67. The van der Waals surface area contributed by atoms with E-state index in [4.69, 9.17) is 6.42 Å². The average Bonchev–Trinajstić information content (AvgIpc) is 2.16. The van der Waals surface area contributed by atoms with Crippen LogP contribution in [0.15, 0.2) is 37.4 Å². The molecule has 0 spiro atoms. The zero-order chi connectivity index (χ0) is 8.97. The second-order valence-electron chi connectivity index (χ2n) is 2.41. The molecule has 0 atom stereocenters. The van der Waals surface area contributed by atoms with Crippen LogP contribution < -0.4 is 0 Å². The molecule has 0 aliphatic carbocycles. The van der Waals surface area contributed by atoms with Crippen LogP contribution in [0.2, 0.25) is 0 Å². The van der Waals surface area contributed by atoms with Gasteiger partial charge in [0, 0.05) is 5.57 Å². The second kappa shape index (κ2) is 3.59. The van der Waals surface area contributed by atoms with Crippen molar-refractivity contribution in [1.82, 2.24) is 0 Å². The average molecular weight is 154 g/mol. The summed E-state index contributed by atoms with van der Waals surface area (Å²) in [6, 6.07) is 7.79. The number of hydrogen-bond donors (Lipinski definition) is 0. The molecule has 0 amide bonds. The fourth-order valence-electron chi connectivity index (χ4n) is 1.03. The van der Waals surface area contributed by atoms with Crippen LogP contribution >= 0.6 is 0 Å². The predicted octanol–water partition coefficient (Wildman–Crippen LogP) is 2.98. The molecule has 0 aromatic heterocycles. The number of rotatable bonds is 2. The van der Waals surface area contributed by atoms with Gasteiger partial charge in [-0.3, -0.25) is 0 Å². The summed E-state index contributed by atoms with van der Waals surface area (Å²) in [6.07, 6.45) is 7.02. The van der Waals surface area contributed by atoms with Gasteiger partial charge in [0.1, 0.15) is 0 Å². The van der Waals surface area contributed by atoms with Gasteiger partial charge in [0.25, 0.3) is 0 Å². The smallest absolute Gasteiger partial charge is 0.0249 e. The summed E-state index contributed by atoms with van der Waals surface area (Å²) in [7, 11) is 0. The zero-order valence-corrected chi connectivity index (χ0v) is 6.88. The molecule has 1 rings (SSSR count). The predicted molar refractivity (Wildman–Crippen MR) is 54.4 cm³/mol. The van der Waals surface area contributed by atoms with Crippen LogP contribution in [0.3, 0.4) is 0 Å². The first-order valence-corrected chi connectivity index (χ1v) is 3.67. The Kier molecular flexibility index (Phi) is 2.50. The molecule has 1 aromatic rings. The Bertz CT molecular complexity index is 351. The van der Waals surface area contributed by atoms with Gasteiger partial charge < -0.3 is 0 Å². The maximum atomic E-state index is 5.24. The Labute approximate surface area is 73.2 Å². The highest BCUT2D eigenvalue weighted by molar-refractivity contribution is 5.81. The maximum Gasteiger partial charge on any atom is 0.0249 e. The van der Waals surface area contributed by atoms with Crippen LogP contribution in [0.4, 0.5) is 0 Å². The van der Waals surface area contributed by atoms with E-state index in [1.54, 1.807) is 6.08 Å². The minimum atomic E-state index is 0.700. The molecule has 0 heteroatoms. The van der Waals surface area contributed by atoms with E-state index in [2.05, 4.69) is 19.1 Å². The van der Waals surface area contributed by atoms with Gasteiger partial charge in [0.15, 0.2) is 0 Å². The van der Waals surface area contributed by atoms with Crippen molar-refractivity contribution < 1.29 is 0 Å². The highest BCUT2D eigenvalue weighted by Gasteiger charge is 1.98. The molecule has 0 nitrogen and oxygen atoms in total. The van der Waals surface area contributed by atoms with Crippen LogP contribution in [0.1, 0.15) is 11.1 Å². The minimum Gasteiger partial charge on any atom is -0.115 e. The molecule has 12 heavy (non-hydrogen) atoms. The van der Waals surface area contributed by atoms with Gasteiger partial charge in [-0.1, -0.05) is 49.4 Å². The van der Waals surface area contributed by atoms with E-state index in [0.717, 1.165) is 11.1 Å². The highest BCUT2D eigenvalue weighted by Crippen LogP contribution is 2.17. The van der Waals surface area contributed by atoms with E-state index < -0.39 is 0 Å². The maximum absolute atomic E-state index is 5.24. The normalized spacial score (nSPS) is 8.58. The largest absolute Gasteiger partial charge is 0.115 e. The molecule has 0 radical (unpaired) electrons. The van der Waals surface area contributed by atoms with Gasteiger partial charge in [-0.05, 0) is 11.1 Å². The van der Waals surface area contributed by atoms with E-state index in [-0.39, 0.29) is 0 Å². The molecule has 0 bridgehead atoms.